The van der Waals surface area contributed by atoms with Gasteiger partial charge in [0.15, 0.2) is 0 Å². The lowest BCUT2D eigenvalue weighted by molar-refractivity contribution is -0.0486. The quantitative estimate of drug-likeness (QED) is 0.922. The van der Waals surface area contributed by atoms with E-state index in [1.54, 1.807) is 0 Å². The topological polar surface area (TPSA) is 56.7 Å². The summed E-state index contributed by atoms with van der Waals surface area (Å²) < 4.78 is 2.20. The third-order valence-corrected chi connectivity index (χ3v) is 6.29. The molecule has 4 nitrogen and oxygen atoms in total. The van der Waals surface area contributed by atoms with Crippen molar-refractivity contribution in [3.8, 4) is 0 Å². The summed E-state index contributed by atoms with van der Waals surface area (Å²) >= 11 is 0. The SMILES string of the molecule is CCn1c(C)nnc1C(N)C1C2CC3CC(C2)CC1C3. The standard InChI is InChI=1S/C16H26N4/c1-3-20-9(2)18-19-16(20)15(17)14-12-5-10-4-11(7-12)8-13(14)6-10/h10-15H,3-8,17H2,1-2H3. The van der Waals surface area contributed by atoms with E-state index < -0.39 is 0 Å². The highest BCUT2D eigenvalue weighted by Gasteiger charge is 2.50. The van der Waals surface area contributed by atoms with Crippen LogP contribution in [0.1, 0.15) is 56.7 Å². The van der Waals surface area contributed by atoms with Gasteiger partial charge in [0, 0.05) is 6.54 Å². The molecular formula is C16H26N4. The van der Waals surface area contributed by atoms with Crippen LogP contribution in [0.3, 0.4) is 0 Å². The first-order valence-electron chi connectivity index (χ1n) is 8.32. The first-order valence-corrected chi connectivity index (χ1v) is 8.32. The molecule has 4 aliphatic rings. The number of aromatic nitrogens is 3. The highest BCUT2D eigenvalue weighted by molar-refractivity contribution is 5.08. The zero-order valence-electron chi connectivity index (χ0n) is 12.6. The number of hydrogen-bond acceptors (Lipinski definition) is 3. The van der Waals surface area contributed by atoms with Gasteiger partial charge in [-0.3, -0.25) is 0 Å². The van der Waals surface area contributed by atoms with Crippen LogP contribution in [-0.2, 0) is 6.54 Å². The summed E-state index contributed by atoms with van der Waals surface area (Å²) in [6.07, 6.45) is 7.18. The fourth-order valence-corrected chi connectivity index (χ4v) is 5.76. The van der Waals surface area contributed by atoms with Crippen LogP contribution in [0.25, 0.3) is 0 Å². The highest BCUT2D eigenvalue weighted by atomic mass is 15.3. The van der Waals surface area contributed by atoms with Gasteiger partial charge in [-0.15, -0.1) is 10.2 Å². The molecule has 1 atom stereocenters. The Morgan fingerprint density at radius 1 is 1.10 bits per heavy atom. The molecule has 1 aromatic heterocycles. The van der Waals surface area contributed by atoms with E-state index in [9.17, 15) is 0 Å². The molecule has 4 fully saturated rings. The molecule has 1 unspecified atom stereocenters. The maximum Gasteiger partial charge on any atom is 0.150 e. The average Bonchev–Trinajstić information content (AvgIpc) is 2.78. The van der Waals surface area contributed by atoms with Crippen molar-refractivity contribution >= 4 is 0 Å². The van der Waals surface area contributed by atoms with Crippen molar-refractivity contribution in [2.24, 2.45) is 35.3 Å². The molecule has 0 radical (unpaired) electrons. The summed E-state index contributed by atoms with van der Waals surface area (Å²) in [7, 11) is 0. The third kappa shape index (κ3) is 1.77. The van der Waals surface area contributed by atoms with E-state index in [4.69, 9.17) is 5.73 Å². The predicted molar refractivity (Wildman–Crippen MR) is 77.9 cm³/mol. The number of nitrogens with two attached hydrogens (primary N) is 1. The molecule has 5 rings (SSSR count). The van der Waals surface area contributed by atoms with E-state index >= 15 is 0 Å². The van der Waals surface area contributed by atoms with E-state index in [1.807, 2.05) is 6.92 Å². The average molecular weight is 274 g/mol. The van der Waals surface area contributed by atoms with Crippen LogP contribution < -0.4 is 5.73 Å². The van der Waals surface area contributed by atoms with Gasteiger partial charge in [0.05, 0.1) is 6.04 Å². The minimum atomic E-state index is 0.0890. The molecule has 0 spiro atoms. The number of rotatable bonds is 3. The zero-order valence-corrected chi connectivity index (χ0v) is 12.6. The first-order chi connectivity index (χ1) is 9.67. The van der Waals surface area contributed by atoms with Crippen LogP contribution in [0.15, 0.2) is 0 Å². The number of nitrogens with zero attached hydrogens (tertiary/aromatic N) is 3. The van der Waals surface area contributed by atoms with Crippen LogP contribution in [0.2, 0.25) is 0 Å². The summed E-state index contributed by atoms with van der Waals surface area (Å²) in [5.74, 6) is 6.39. The molecule has 0 aromatic carbocycles. The van der Waals surface area contributed by atoms with Crippen molar-refractivity contribution in [2.45, 2.75) is 58.5 Å². The molecule has 20 heavy (non-hydrogen) atoms. The Balaban J connectivity index is 1.63. The van der Waals surface area contributed by atoms with Crippen LogP contribution in [0.4, 0.5) is 0 Å². The van der Waals surface area contributed by atoms with Gasteiger partial charge in [-0.05, 0) is 75.5 Å². The summed E-state index contributed by atoms with van der Waals surface area (Å²) in [5, 5.41) is 8.66. The Bertz CT molecular complexity index is 479. The van der Waals surface area contributed by atoms with Crippen molar-refractivity contribution in [1.29, 1.82) is 0 Å². The van der Waals surface area contributed by atoms with Crippen LogP contribution in [0.5, 0.6) is 0 Å². The lowest BCUT2D eigenvalue weighted by Gasteiger charge is -2.55. The molecule has 1 aromatic rings. The Morgan fingerprint density at radius 3 is 2.25 bits per heavy atom. The van der Waals surface area contributed by atoms with Crippen LogP contribution in [-0.4, -0.2) is 14.8 Å². The van der Waals surface area contributed by atoms with Gasteiger partial charge in [0.25, 0.3) is 0 Å². The van der Waals surface area contributed by atoms with Gasteiger partial charge < -0.3 is 10.3 Å². The Labute approximate surface area is 121 Å². The van der Waals surface area contributed by atoms with Crippen LogP contribution in [0, 0.1) is 36.5 Å². The molecule has 4 bridgehead atoms. The van der Waals surface area contributed by atoms with Crippen molar-refractivity contribution < 1.29 is 0 Å². The molecule has 110 valence electrons. The van der Waals surface area contributed by atoms with E-state index in [1.165, 1.54) is 32.1 Å². The van der Waals surface area contributed by atoms with E-state index in [2.05, 4.69) is 21.7 Å². The molecule has 2 N–H and O–H groups in total. The lowest BCUT2D eigenvalue weighted by Crippen LogP contribution is -2.49. The summed E-state index contributed by atoms with van der Waals surface area (Å²) in [5.41, 5.74) is 6.69. The maximum atomic E-state index is 6.69. The molecule has 4 saturated carbocycles. The normalized spacial score (nSPS) is 40.2. The zero-order chi connectivity index (χ0) is 13.9. The van der Waals surface area contributed by atoms with Gasteiger partial charge in [-0.25, -0.2) is 0 Å². The number of hydrogen-bond donors (Lipinski definition) is 1. The summed E-state index contributed by atoms with van der Waals surface area (Å²) in [6, 6.07) is 0.0890. The monoisotopic (exact) mass is 274 g/mol. The molecule has 1 heterocycles. The Morgan fingerprint density at radius 2 is 1.70 bits per heavy atom. The van der Waals surface area contributed by atoms with Gasteiger partial charge in [-0.2, -0.15) is 0 Å². The fraction of sp³-hybridized carbons (Fsp3) is 0.875. The van der Waals surface area contributed by atoms with Crippen molar-refractivity contribution in [2.75, 3.05) is 0 Å². The second kappa shape index (κ2) is 4.55. The predicted octanol–water partition coefficient (Wildman–Crippen LogP) is 2.68. The summed E-state index contributed by atoms with van der Waals surface area (Å²) in [6.45, 7) is 5.11. The van der Waals surface area contributed by atoms with E-state index in [-0.39, 0.29) is 6.04 Å². The minimum absolute atomic E-state index is 0.0890. The van der Waals surface area contributed by atoms with Gasteiger partial charge in [-0.1, -0.05) is 0 Å². The van der Waals surface area contributed by atoms with E-state index in [0.29, 0.717) is 5.92 Å². The maximum absolute atomic E-state index is 6.69. The summed E-state index contributed by atoms with van der Waals surface area (Å²) in [4.78, 5) is 0. The molecule has 0 aliphatic heterocycles. The Kier molecular flexibility index (Phi) is 2.92. The van der Waals surface area contributed by atoms with Crippen molar-refractivity contribution in [3.05, 3.63) is 11.6 Å². The molecule has 4 heteroatoms. The van der Waals surface area contributed by atoms with Gasteiger partial charge in [0.2, 0.25) is 0 Å². The molecule has 0 amide bonds. The highest BCUT2D eigenvalue weighted by Crippen LogP contribution is 2.58. The van der Waals surface area contributed by atoms with Gasteiger partial charge >= 0.3 is 0 Å². The van der Waals surface area contributed by atoms with Crippen molar-refractivity contribution in [1.82, 2.24) is 14.8 Å². The lowest BCUT2D eigenvalue weighted by atomic mass is 9.50. The smallest absolute Gasteiger partial charge is 0.150 e. The van der Waals surface area contributed by atoms with E-state index in [0.717, 1.165) is 41.9 Å². The third-order valence-electron chi connectivity index (χ3n) is 6.29. The second-order valence-electron chi connectivity index (χ2n) is 7.38. The molecule has 0 saturated heterocycles. The molecular weight excluding hydrogens is 248 g/mol. The van der Waals surface area contributed by atoms with Crippen molar-refractivity contribution in [3.63, 3.8) is 0 Å². The van der Waals surface area contributed by atoms with Crippen LogP contribution >= 0.6 is 0 Å². The Hall–Kier alpha value is -0.900. The first kappa shape index (κ1) is 12.8. The molecule has 4 aliphatic carbocycles. The fourth-order valence-electron chi connectivity index (χ4n) is 5.76. The largest absolute Gasteiger partial charge is 0.321 e. The second-order valence-corrected chi connectivity index (χ2v) is 7.38. The van der Waals surface area contributed by atoms with Gasteiger partial charge in [0.1, 0.15) is 11.6 Å². The minimum Gasteiger partial charge on any atom is -0.321 e. The number of aryl methyl sites for hydroxylation is 1.